The number of nitrogens with zero attached hydrogens (tertiary/aromatic N) is 1. The molecule has 0 spiro atoms. The second kappa shape index (κ2) is 9.42. The Morgan fingerprint density at radius 3 is 2.46 bits per heavy atom. The summed E-state index contributed by atoms with van der Waals surface area (Å²) < 4.78 is 16.7. The number of allylic oxidation sites excluding steroid dienone is 1. The van der Waals surface area contributed by atoms with Gasteiger partial charge in [0, 0.05) is 29.9 Å². The molecule has 2 aromatic carbocycles. The number of carbonyl (C=O) groups excluding carboxylic acids is 1. The third-order valence-corrected chi connectivity index (χ3v) is 4.53. The zero-order valence-corrected chi connectivity index (χ0v) is 16.7. The number of hydrogen-bond donors (Lipinski definition) is 0. The van der Waals surface area contributed by atoms with Gasteiger partial charge in [0.1, 0.15) is 0 Å². The van der Waals surface area contributed by atoms with Crippen molar-refractivity contribution in [2.75, 3.05) is 38.3 Å². The van der Waals surface area contributed by atoms with Crippen LogP contribution >= 0.6 is 0 Å². The maximum absolute atomic E-state index is 12.6. The summed E-state index contributed by atoms with van der Waals surface area (Å²) in [6.45, 7) is 7.15. The van der Waals surface area contributed by atoms with E-state index in [2.05, 4.69) is 4.90 Å². The molecule has 2 aromatic rings. The largest absolute Gasteiger partial charge is 0.493 e. The number of rotatable bonds is 7. The van der Waals surface area contributed by atoms with Gasteiger partial charge in [-0.2, -0.15) is 0 Å². The maximum Gasteiger partial charge on any atom is 0.185 e. The Labute approximate surface area is 166 Å². The fourth-order valence-corrected chi connectivity index (χ4v) is 3.11. The Hall–Kier alpha value is -2.79. The summed E-state index contributed by atoms with van der Waals surface area (Å²) in [5.74, 6) is 1.25. The number of ketones is 1. The minimum absolute atomic E-state index is 0.00637. The first-order valence-electron chi connectivity index (χ1n) is 9.57. The first-order chi connectivity index (χ1) is 13.6. The highest BCUT2D eigenvalue weighted by Crippen LogP contribution is 2.33. The highest BCUT2D eigenvalue weighted by Gasteiger charge is 2.13. The fourth-order valence-electron chi connectivity index (χ4n) is 3.11. The van der Waals surface area contributed by atoms with E-state index in [1.54, 1.807) is 19.3 Å². The minimum atomic E-state index is -0.0492. The topological polar surface area (TPSA) is 48.0 Å². The lowest BCUT2D eigenvalue weighted by Crippen LogP contribution is -2.36. The van der Waals surface area contributed by atoms with Crippen molar-refractivity contribution < 1.29 is 19.0 Å². The van der Waals surface area contributed by atoms with E-state index in [0.717, 1.165) is 37.6 Å². The van der Waals surface area contributed by atoms with Crippen LogP contribution in [0.15, 0.2) is 48.5 Å². The third-order valence-electron chi connectivity index (χ3n) is 4.53. The predicted octanol–water partition coefficient (Wildman–Crippen LogP) is 4.22. The first kappa shape index (κ1) is 20.0. The van der Waals surface area contributed by atoms with E-state index in [-0.39, 0.29) is 11.9 Å². The number of carbonyl (C=O) groups is 1. The van der Waals surface area contributed by atoms with Crippen LogP contribution in [0.1, 0.15) is 29.8 Å². The summed E-state index contributed by atoms with van der Waals surface area (Å²) in [7, 11) is 1.61. The average Bonchev–Trinajstić information content (AvgIpc) is 2.73. The number of methoxy groups -OCH3 is 1. The SMILES string of the molecule is COc1cccc(/C=C/C(=O)c2ccc(N3CCOCC3)cc2)c1OC(C)C. The molecule has 1 aliphatic heterocycles. The zero-order valence-electron chi connectivity index (χ0n) is 16.7. The van der Waals surface area contributed by atoms with E-state index in [9.17, 15) is 4.79 Å². The molecule has 0 aromatic heterocycles. The molecule has 28 heavy (non-hydrogen) atoms. The number of ether oxygens (including phenoxy) is 3. The number of anilines is 1. The van der Waals surface area contributed by atoms with Crippen LogP contribution in [0, 0.1) is 0 Å². The molecule has 1 aliphatic rings. The molecule has 0 bridgehead atoms. The Balaban J connectivity index is 1.74. The molecule has 1 saturated heterocycles. The van der Waals surface area contributed by atoms with Crippen molar-refractivity contribution in [3.8, 4) is 11.5 Å². The van der Waals surface area contributed by atoms with Gasteiger partial charge < -0.3 is 19.1 Å². The number of hydrogen-bond acceptors (Lipinski definition) is 5. The van der Waals surface area contributed by atoms with E-state index in [0.29, 0.717) is 17.1 Å². The summed E-state index contributed by atoms with van der Waals surface area (Å²) in [5.41, 5.74) is 2.58. The van der Waals surface area contributed by atoms with Crippen LogP contribution in [-0.2, 0) is 4.74 Å². The van der Waals surface area contributed by atoms with Gasteiger partial charge >= 0.3 is 0 Å². The van der Waals surface area contributed by atoms with Gasteiger partial charge in [-0.05, 0) is 56.3 Å². The molecule has 1 fully saturated rings. The molecule has 5 heteroatoms. The van der Waals surface area contributed by atoms with Gasteiger partial charge in [0.2, 0.25) is 0 Å². The maximum atomic E-state index is 12.6. The van der Waals surface area contributed by atoms with Gasteiger partial charge in [0.15, 0.2) is 17.3 Å². The zero-order chi connectivity index (χ0) is 19.9. The average molecular weight is 381 g/mol. The van der Waals surface area contributed by atoms with Crippen LogP contribution in [0.2, 0.25) is 0 Å². The van der Waals surface area contributed by atoms with Crippen molar-refractivity contribution in [1.29, 1.82) is 0 Å². The van der Waals surface area contributed by atoms with E-state index in [1.165, 1.54) is 0 Å². The van der Waals surface area contributed by atoms with Crippen LogP contribution in [0.4, 0.5) is 5.69 Å². The Bertz CT molecular complexity index is 821. The first-order valence-corrected chi connectivity index (χ1v) is 9.57. The summed E-state index contributed by atoms with van der Waals surface area (Å²) in [6, 6.07) is 13.4. The van der Waals surface area contributed by atoms with Crippen LogP contribution in [-0.4, -0.2) is 45.3 Å². The van der Waals surface area contributed by atoms with Gasteiger partial charge in [0.25, 0.3) is 0 Å². The van der Waals surface area contributed by atoms with E-state index < -0.39 is 0 Å². The van der Waals surface area contributed by atoms with E-state index >= 15 is 0 Å². The number of para-hydroxylation sites is 1. The summed E-state index contributed by atoms with van der Waals surface area (Å²) in [4.78, 5) is 14.9. The van der Waals surface area contributed by atoms with Crippen LogP contribution in [0.25, 0.3) is 6.08 Å². The molecule has 0 amide bonds. The smallest absolute Gasteiger partial charge is 0.185 e. The Kier molecular flexibility index (Phi) is 6.71. The molecule has 0 atom stereocenters. The van der Waals surface area contributed by atoms with Crippen molar-refractivity contribution in [1.82, 2.24) is 0 Å². The normalized spacial score (nSPS) is 14.5. The van der Waals surface area contributed by atoms with E-state index in [1.807, 2.05) is 56.3 Å². The van der Waals surface area contributed by atoms with Crippen molar-refractivity contribution in [3.05, 3.63) is 59.7 Å². The van der Waals surface area contributed by atoms with Gasteiger partial charge in [-0.15, -0.1) is 0 Å². The molecule has 148 valence electrons. The lowest BCUT2D eigenvalue weighted by Gasteiger charge is -2.28. The Morgan fingerprint density at radius 2 is 1.82 bits per heavy atom. The lowest BCUT2D eigenvalue weighted by atomic mass is 10.1. The van der Waals surface area contributed by atoms with Gasteiger partial charge in [-0.3, -0.25) is 4.79 Å². The molecular weight excluding hydrogens is 354 g/mol. The second-order valence-electron chi connectivity index (χ2n) is 6.89. The highest BCUT2D eigenvalue weighted by molar-refractivity contribution is 6.07. The molecule has 0 N–H and O–H groups in total. The van der Waals surface area contributed by atoms with Crippen molar-refractivity contribution in [2.24, 2.45) is 0 Å². The van der Waals surface area contributed by atoms with Crippen LogP contribution < -0.4 is 14.4 Å². The highest BCUT2D eigenvalue weighted by atomic mass is 16.5. The summed E-state index contributed by atoms with van der Waals surface area (Å²) in [6.07, 6.45) is 3.36. The quantitative estimate of drug-likeness (QED) is 0.531. The molecular formula is C23H27NO4. The van der Waals surface area contributed by atoms with Gasteiger partial charge in [0.05, 0.1) is 26.4 Å². The van der Waals surface area contributed by atoms with E-state index in [4.69, 9.17) is 14.2 Å². The summed E-state index contributed by atoms with van der Waals surface area (Å²) in [5, 5.41) is 0. The lowest BCUT2D eigenvalue weighted by molar-refractivity contribution is 0.104. The van der Waals surface area contributed by atoms with Crippen molar-refractivity contribution >= 4 is 17.5 Å². The molecule has 0 aliphatic carbocycles. The second-order valence-corrected chi connectivity index (χ2v) is 6.89. The monoisotopic (exact) mass is 381 g/mol. The molecule has 0 radical (unpaired) electrons. The van der Waals surface area contributed by atoms with Crippen LogP contribution in [0.5, 0.6) is 11.5 Å². The molecule has 3 rings (SSSR count). The fraction of sp³-hybridized carbons (Fsp3) is 0.348. The standard InChI is InChI=1S/C23H27NO4/c1-17(2)28-23-19(5-4-6-22(23)26-3)9-12-21(25)18-7-10-20(11-8-18)24-13-15-27-16-14-24/h4-12,17H,13-16H2,1-3H3/b12-9+. The minimum Gasteiger partial charge on any atom is -0.493 e. The van der Waals surface area contributed by atoms with Gasteiger partial charge in [-0.1, -0.05) is 12.1 Å². The molecule has 5 nitrogen and oxygen atoms in total. The molecule has 0 saturated carbocycles. The third kappa shape index (κ3) is 4.93. The van der Waals surface area contributed by atoms with Crippen molar-refractivity contribution in [2.45, 2.75) is 20.0 Å². The number of morpholine rings is 1. The summed E-state index contributed by atoms with van der Waals surface area (Å²) >= 11 is 0. The Morgan fingerprint density at radius 1 is 1.11 bits per heavy atom. The molecule has 0 unspecified atom stereocenters. The van der Waals surface area contributed by atoms with Gasteiger partial charge in [-0.25, -0.2) is 0 Å². The van der Waals surface area contributed by atoms with Crippen molar-refractivity contribution in [3.63, 3.8) is 0 Å². The molecule has 1 heterocycles. The predicted molar refractivity (Wildman–Crippen MR) is 112 cm³/mol. The van der Waals surface area contributed by atoms with Crippen LogP contribution in [0.3, 0.4) is 0 Å². The number of benzene rings is 2.